The zero-order valence-corrected chi connectivity index (χ0v) is 13.9. The molecule has 0 saturated heterocycles. The van der Waals surface area contributed by atoms with Crippen LogP contribution in [0.2, 0.25) is 0 Å². The van der Waals surface area contributed by atoms with Crippen LogP contribution in [0.1, 0.15) is 37.2 Å². The van der Waals surface area contributed by atoms with Gasteiger partial charge in [0.15, 0.2) is 5.69 Å². The molecule has 0 spiro atoms. The van der Waals surface area contributed by atoms with E-state index in [4.69, 9.17) is 5.11 Å². The molecule has 7 nitrogen and oxygen atoms in total. The van der Waals surface area contributed by atoms with Gasteiger partial charge in [0, 0.05) is 18.5 Å². The van der Waals surface area contributed by atoms with Crippen LogP contribution in [-0.4, -0.2) is 44.1 Å². The van der Waals surface area contributed by atoms with Gasteiger partial charge in [0.05, 0.1) is 7.11 Å². The molecule has 1 aromatic rings. The Morgan fingerprint density at radius 2 is 2.19 bits per heavy atom. The summed E-state index contributed by atoms with van der Waals surface area (Å²) in [5.74, 6) is -0.781. The Morgan fingerprint density at radius 3 is 2.76 bits per heavy atom. The first-order valence-corrected chi connectivity index (χ1v) is 8.69. The number of ether oxygens (including phenoxy) is 1. The first-order chi connectivity index (χ1) is 9.73. The van der Waals surface area contributed by atoms with E-state index in [0.717, 1.165) is 11.5 Å². The monoisotopic (exact) mass is 336 g/mol. The van der Waals surface area contributed by atoms with Gasteiger partial charge in [0.2, 0.25) is 10.0 Å². The molecule has 0 atom stereocenters. The van der Waals surface area contributed by atoms with Crippen LogP contribution in [0.3, 0.4) is 0 Å². The fourth-order valence-electron chi connectivity index (χ4n) is 1.67. The van der Waals surface area contributed by atoms with Crippen molar-refractivity contribution in [3.8, 4) is 0 Å². The van der Waals surface area contributed by atoms with Gasteiger partial charge >= 0.3 is 5.97 Å². The van der Waals surface area contributed by atoms with Crippen LogP contribution in [-0.2, 0) is 14.8 Å². The number of aromatic nitrogens is 1. The lowest BCUT2D eigenvalue weighted by Crippen LogP contribution is -2.34. The van der Waals surface area contributed by atoms with Gasteiger partial charge in [0.1, 0.15) is 4.90 Å². The zero-order valence-electron chi connectivity index (χ0n) is 12.2. The van der Waals surface area contributed by atoms with E-state index in [-0.39, 0.29) is 29.2 Å². The molecule has 21 heavy (non-hydrogen) atoms. The Labute approximate surface area is 128 Å². The molecule has 120 valence electrons. The Hall–Kier alpha value is -1.03. The number of carbonyl (C=O) groups is 1. The smallest absolute Gasteiger partial charge is 0.359 e. The Balaban J connectivity index is 2.83. The predicted molar refractivity (Wildman–Crippen MR) is 78.7 cm³/mol. The summed E-state index contributed by atoms with van der Waals surface area (Å²) in [6, 6.07) is 0. The number of methoxy groups -OCH3 is 1. The van der Waals surface area contributed by atoms with Crippen LogP contribution in [0.4, 0.5) is 0 Å². The Morgan fingerprint density at radius 1 is 1.52 bits per heavy atom. The molecule has 0 amide bonds. The fraction of sp³-hybridized carbons (Fsp3) is 0.667. The largest absolute Gasteiger partial charge is 0.464 e. The van der Waals surface area contributed by atoms with Gasteiger partial charge in [-0.3, -0.25) is 0 Å². The molecule has 0 bridgehead atoms. The lowest BCUT2D eigenvalue weighted by molar-refractivity contribution is 0.0591. The Kier molecular flexibility index (Phi) is 6.26. The maximum Gasteiger partial charge on any atom is 0.359 e. The van der Waals surface area contributed by atoms with Crippen LogP contribution in [0.25, 0.3) is 0 Å². The van der Waals surface area contributed by atoms with E-state index >= 15 is 0 Å². The average Bonchev–Trinajstić information content (AvgIpc) is 2.93. The second kappa shape index (κ2) is 7.30. The summed E-state index contributed by atoms with van der Waals surface area (Å²) < 4.78 is 35.3. The third-order valence-corrected chi connectivity index (χ3v) is 5.15. The number of nitrogens with one attached hydrogen (secondary N) is 1. The molecule has 0 saturated carbocycles. The molecular weight excluding hydrogens is 316 g/mol. The number of hydrogen-bond donors (Lipinski definition) is 2. The highest BCUT2D eigenvalue weighted by atomic mass is 32.2. The maximum absolute atomic E-state index is 12.3. The maximum atomic E-state index is 12.3. The van der Waals surface area contributed by atoms with Gasteiger partial charge in [0.25, 0.3) is 0 Å². The molecule has 0 aliphatic carbocycles. The van der Waals surface area contributed by atoms with E-state index in [1.54, 1.807) is 0 Å². The van der Waals surface area contributed by atoms with Crippen LogP contribution >= 0.6 is 11.5 Å². The minimum absolute atomic E-state index is 0.0666. The SMILES string of the molecule is COC(=O)c1nscc1S(=O)(=O)NCC(C)(C)CCCO. The van der Waals surface area contributed by atoms with Crippen molar-refractivity contribution in [3.63, 3.8) is 0 Å². The minimum atomic E-state index is -3.83. The first-order valence-electron chi connectivity index (χ1n) is 6.37. The molecule has 0 fully saturated rings. The van der Waals surface area contributed by atoms with Gasteiger partial charge in [-0.05, 0) is 29.8 Å². The van der Waals surface area contributed by atoms with E-state index < -0.39 is 16.0 Å². The molecule has 0 radical (unpaired) electrons. The number of aliphatic hydroxyl groups excluding tert-OH is 1. The van der Waals surface area contributed by atoms with Gasteiger partial charge in [-0.1, -0.05) is 13.8 Å². The van der Waals surface area contributed by atoms with Gasteiger partial charge in [-0.15, -0.1) is 0 Å². The number of rotatable bonds is 8. The van der Waals surface area contributed by atoms with Gasteiger partial charge in [-0.25, -0.2) is 17.9 Å². The number of nitrogens with zero attached hydrogens (tertiary/aromatic N) is 1. The number of hydrogen-bond acceptors (Lipinski definition) is 7. The highest BCUT2D eigenvalue weighted by molar-refractivity contribution is 7.89. The van der Waals surface area contributed by atoms with Crippen molar-refractivity contribution >= 4 is 27.5 Å². The summed E-state index contributed by atoms with van der Waals surface area (Å²) in [4.78, 5) is 11.3. The summed E-state index contributed by atoms with van der Waals surface area (Å²) in [5, 5.41) is 10.1. The van der Waals surface area contributed by atoms with Crippen LogP contribution in [0.5, 0.6) is 0 Å². The molecule has 0 aliphatic heterocycles. The molecule has 0 unspecified atom stereocenters. The molecule has 0 aromatic carbocycles. The van der Waals surface area contributed by atoms with E-state index in [0.29, 0.717) is 12.8 Å². The zero-order chi connectivity index (χ0) is 16.1. The second-order valence-corrected chi connectivity index (χ2v) is 7.70. The van der Waals surface area contributed by atoms with E-state index in [1.165, 1.54) is 12.5 Å². The first kappa shape index (κ1) is 18.0. The van der Waals surface area contributed by atoms with Gasteiger partial charge < -0.3 is 9.84 Å². The van der Waals surface area contributed by atoms with E-state index in [2.05, 4.69) is 13.8 Å². The molecule has 9 heteroatoms. The lowest BCUT2D eigenvalue weighted by atomic mass is 9.88. The summed E-state index contributed by atoms with van der Waals surface area (Å²) in [7, 11) is -2.66. The standard InChI is InChI=1S/C12H20N2O5S2/c1-12(2,5-4-6-15)8-13-21(17,18)9-7-20-14-10(9)11(16)19-3/h7,13,15H,4-6,8H2,1-3H3. The van der Waals surface area contributed by atoms with Crippen molar-refractivity contribution in [2.45, 2.75) is 31.6 Å². The molecule has 1 rings (SSSR count). The third kappa shape index (κ3) is 5.03. The van der Waals surface area contributed by atoms with Crippen LogP contribution < -0.4 is 4.72 Å². The quantitative estimate of drug-likeness (QED) is 0.686. The molecular formula is C12H20N2O5S2. The van der Waals surface area contributed by atoms with Crippen molar-refractivity contribution in [1.82, 2.24) is 9.10 Å². The number of aliphatic hydroxyl groups is 1. The van der Waals surface area contributed by atoms with E-state index in [1.807, 2.05) is 13.8 Å². The summed E-state index contributed by atoms with van der Waals surface area (Å²) in [5.41, 5.74) is -0.506. The average molecular weight is 336 g/mol. The summed E-state index contributed by atoms with van der Waals surface area (Å²) >= 11 is 0.881. The molecule has 0 aliphatic rings. The Bertz CT molecular complexity index is 580. The van der Waals surface area contributed by atoms with E-state index in [9.17, 15) is 13.2 Å². The van der Waals surface area contributed by atoms with Crippen molar-refractivity contribution in [2.24, 2.45) is 5.41 Å². The van der Waals surface area contributed by atoms with Crippen molar-refractivity contribution < 1.29 is 23.1 Å². The topological polar surface area (TPSA) is 106 Å². The normalized spacial score (nSPS) is 12.4. The van der Waals surface area contributed by atoms with Crippen molar-refractivity contribution in [3.05, 3.63) is 11.1 Å². The summed E-state index contributed by atoms with van der Waals surface area (Å²) in [6.07, 6.45) is 1.28. The number of esters is 1. The van der Waals surface area contributed by atoms with Crippen LogP contribution in [0.15, 0.2) is 10.3 Å². The van der Waals surface area contributed by atoms with Gasteiger partial charge in [-0.2, -0.15) is 4.37 Å². The van der Waals surface area contributed by atoms with Crippen molar-refractivity contribution in [1.29, 1.82) is 0 Å². The highest BCUT2D eigenvalue weighted by Gasteiger charge is 2.28. The fourth-order valence-corrected chi connectivity index (χ4v) is 4.02. The number of carbonyl (C=O) groups excluding carboxylic acids is 1. The minimum Gasteiger partial charge on any atom is -0.464 e. The highest BCUT2D eigenvalue weighted by Crippen LogP contribution is 2.23. The third-order valence-electron chi connectivity index (χ3n) is 2.96. The second-order valence-electron chi connectivity index (χ2n) is 5.33. The molecule has 2 N–H and O–H groups in total. The predicted octanol–water partition coefficient (Wildman–Crippen LogP) is 1.01. The number of sulfonamides is 1. The molecule has 1 aromatic heterocycles. The lowest BCUT2D eigenvalue weighted by Gasteiger charge is -2.24. The van der Waals surface area contributed by atoms with Crippen molar-refractivity contribution in [2.75, 3.05) is 20.3 Å². The molecule has 1 heterocycles. The van der Waals surface area contributed by atoms with Crippen LogP contribution in [0, 0.1) is 5.41 Å². The summed E-state index contributed by atoms with van der Waals surface area (Å²) in [6.45, 7) is 4.07.